The summed E-state index contributed by atoms with van der Waals surface area (Å²) in [6.45, 7) is 5.05. The molecule has 0 fully saturated rings. The molecule has 1 aliphatic rings. The fourth-order valence-electron chi connectivity index (χ4n) is 3.37. The third kappa shape index (κ3) is 4.84. The third-order valence-electron chi connectivity index (χ3n) is 4.85. The predicted molar refractivity (Wildman–Crippen MR) is 108 cm³/mol. The minimum Gasteiger partial charge on any atom is -0.349 e. The standard InChI is InChI=1S/C19H25N3O.2ClH/c1-14-15-6-4-5-7-17(15)20-18-9-12-22(11-8-16(14)18)13-10-19(23)21(2)3;;/h4-7H,8-13H2,1-3H3;2*1H. The molecule has 0 radical (unpaired) electrons. The van der Waals surface area contributed by atoms with Gasteiger partial charge in [0.25, 0.3) is 0 Å². The highest BCUT2D eigenvalue weighted by molar-refractivity contribution is 5.85. The second-order valence-electron chi connectivity index (χ2n) is 6.56. The van der Waals surface area contributed by atoms with Gasteiger partial charge in [-0.3, -0.25) is 9.78 Å². The van der Waals surface area contributed by atoms with Crippen LogP contribution in [-0.2, 0) is 17.6 Å². The summed E-state index contributed by atoms with van der Waals surface area (Å²) in [6, 6.07) is 8.40. The minimum atomic E-state index is 0. The Hall–Kier alpha value is -1.36. The molecule has 0 atom stereocenters. The first-order valence-electron chi connectivity index (χ1n) is 8.36. The molecule has 0 spiro atoms. The summed E-state index contributed by atoms with van der Waals surface area (Å²) in [5, 5.41) is 1.27. The molecule has 0 aliphatic carbocycles. The SMILES string of the molecule is Cc1c2c(nc3ccccc13)CCN(CCC(=O)N(C)C)CC2.Cl.Cl. The maximum atomic E-state index is 11.8. The number of para-hydroxylation sites is 1. The van der Waals surface area contributed by atoms with Gasteiger partial charge in [0.2, 0.25) is 5.91 Å². The Morgan fingerprint density at radius 3 is 2.56 bits per heavy atom. The van der Waals surface area contributed by atoms with E-state index >= 15 is 0 Å². The number of fused-ring (bicyclic) bond motifs is 2. The van der Waals surface area contributed by atoms with Crippen LogP contribution in [0.5, 0.6) is 0 Å². The van der Waals surface area contributed by atoms with Crippen LogP contribution >= 0.6 is 24.8 Å². The van der Waals surface area contributed by atoms with Gasteiger partial charge in [0.1, 0.15) is 0 Å². The Bertz CT molecular complexity index is 734. The topological polar surface area (TPSA) is 36.4 Å². The van der Waals surface area contributed by atoms with E-state index in [0.717, 1.165) is 38.0 Å². The average Bonchev–Trinajstić information content (AvgIpc) is 2.75. The number of aromatic nitrogens is 1. The zero-order valence-corrected chi connectivity index (χ0v) is 16.8. The molecule has 0 bridgehead atoms. The molecule has 3 rings (SSSR count). The number of carbonyl (C=O) groups is 1. The zero-order valence-electron chi connectivity index (χ0n) is 15.1. The lowest BCUT2D eigenvalue weighted by atomic mass is 9.99. The molecule has 25 heavy (non-hydrogen) atoms. The molecule has 1 aromatic carbocycles. The largest absolute Gasteiger partial charge is 0.349 e. The summed E-state index contributed by atoms with van der Waals surface area (Å²) in [5.41, 5.74) is 5.12. The molecule has 138 valence electrons. The van der Waals surface area contributed by atoms with Crippen LogP contribution in [0.3, 0.4) is 0 Å². The molecule has 1 amide bonds. The number of aryl methyl sites for hydroxylation is 1. The molecule has 0 saturated heterocycles. The second kappa shape index (κ2) is 9.37. The van der Waals surface area contributed by atoms with Gasteiger partial charge in [0, 0.05) is 57.7 Å². The van der Waals surface area contributed by atoms with Gasteiger partial charge >= 0.3 is 0 Å². The monoisotopic (exact) mass is 383 g/mol. The van der Waals surface area contributed by atoms with E-state index in [1.807, 2.05) is 14.1 Å². The normalized spacial score (nSPS) is 14.0. The zero-order chi connectivity index (χ0) is 16.4. The second-order valence-corrected chi connectivity index (χ2v) is 6.56. The molecule has 1 aromatic heterocycles. The maximum Gasteiger partial charge on any atom is 0.223 e. The van der Waals surface area contributed by atoms with Crippen LogP contribution in [0.2, 0.25) is 0 Å². The lowest BCUT2D eigenvalue weighted by Gasteiger charge is -2.20. The van der Waals surface area contributed by atoms with E-state index < -0.39 is 0 Å². The lowest BCUT2D eigenvalue weighted by Crippen LogP contribution is -2.32. The van der Waals surface area contributed by atoms with E-state index in [2.05, 4.69) is 36.1 Å². The minimum absolute atomic E-state index is 0. The van der Waals surface area contributed by atoms with Crippen molar-refractivity contribution >= 4 is 41.6 Å². The van der Waals surface area contributed by atoms with Gasteiger partial charge in [-0.05, 0) is 30.5 Å². The molecule has 4 nitrogen and oxygen atoms in total. The number of carbonyl (C=O) groups excluding carboxylic acids is 1. The molecule has 0 unspecified atom stereocenters. The number of halogens is 2. The van der Waals surface area contributed by atoms with Gasteiger partial charge < -0.3 is 9.80 Å². The smallest absolute Gasteiger partial charge is 0.223 e. The van der Waals surface area contributed by atoms with E-state index in [4.69, 9.17) is 4.98 Å². The summed E-state index contributed by atoms with van der Waals surface area (Å²) < 4.78 is 0. The van der Waals surface area contributed by atoms with Crippen LogP contribution in [0.15, 0.2) is 24.3 Å². The van der Waals surface area contributed by atoms with Crippen molar-refractivity contribution in [3.63, 3.8) is 0 Å². The molecule has 0 N–H and O–H groups in total. The van der Waals surface area contributed by atoms with Gasteiger partial charge in [0.05, 0.1) is 5.52 Å². The molecular weight excluding hydrogens is 357 g/mol. The average molecular weight is 384 g/mol. The van der Waals surface area contributed by atoms with E-state index in [9.17, 15) is 4.79 Å². The third-order valence-corrected chi connectivity index (χ3v) is 4.85. The number of hydrogen-bond acceptors (Lipinski definition) is 3. The van der Waals surface area contributed by atoms with Crippen molar-refractivity contribution in [1.29, 1.82) is 0 Å². The number of hydrogen-bond donors (Lipinski definition) is 0. The highest BCUT2D eigenvalue weighted by atomic mass is 35.5. The van der Waals surface area contributed by atoms with Crippen LogP contribution in [0.4, 0.5) is 0 Å². The van der Waals surface area contributed by atoms with E-state index in [1.165, 1.54) is 22.2 Å². The predicted octanol–water partition coefficient (Wildman–Crippen LogP) is 3.27. The van der Waals surface area contributed by atoms with Crippen molar-refractivity contribution in [3.8, 4) is 0 Å². The lowest BCUT2D eigenvalue weighted by molar-refractivity contribution is -0.129. The summed E-state index contributed by atoms with van der Waals surface area (Å²) in [5.74, 6) is 0.201. The Morgan fingerprint density at radius 1 is 1.16 bits per heavy atom. The number of pyridine rings is 1. The quantitative estimate of drug-likeness (QED) is 0.815. The fraction of sp³-hybridized carbons (Fsp3) is 0.474. The van der Waals surface area contributed by atoms with Gasteiger partial charge in [0.15, 0.2) is 0 Å². The van der Waals surface area contributed by atoms with Crippen molar-refractivity contribution in [2.45, 2.75) is 26.2 Å². The Kier molecular flexibility index (Phi) is 8.13. The van der Waals surface area contributed by atoms with Gasteiger partial charge in [-0.2, -0.15) is 0 Å². The Balaban J connectivity index is 0.00000156. The van der Waals surface area contributed by atoms with E-state index in [-0.39, 0.29) is 30.7 Å². The van der Waals surface area contributed by atoms with Crippen molar-refractivity contribution < 1.29 is 4.79 Å². The maximum absolute atomic E-state index is 11.8. The van der Waals surface area contributed by atoms with Crippen LogP contribution in [0.1, 0.15) is 23.2 Å². The summed E-state index contributed by atoms with van der Waals surface area (Å²) >= 11 is 0. The van der Waals surface area contributed by atoms with E-state index in [1.54, 1.807) is 4.90 Å². The number of rotatable bonds is 3. The molecule has 2 aromatic rings. The van der Waals surface area contributed by atoms with Gasteiger partial charge in [-0.25, -0.2) is 0 Å². The summed E-state index contributed by atoms with van der Waals surface area (Å²) in [7, 11) is 3.64. The fourth-order valence-corrected chi connectivity index (χ4v) is 3.37. The van der Waals surface area contributed by atoms with Crippen molar-refractivity contribution in [2.24, 2.45) is 0 Å². The molecule has 2 heterocycles. The van der Waals surface area contributed by atoms with Crippen molar-refractivity contribution in [3.05, 3.63) is 41.1 Å². The Labute approximate surface area is 162 Å². The number of amides is 1. The van der Waals surface area contributed by atoms with Crippen LogP contribution in [0, 0.1) is 6.92 Å². The van der Waals surface area contributed by atoms with Crippen molar-refractivity contribution in [1.82, 2.24) is 14.8 Å². The number of nitrogens with zero attached hydrogens (tertiary/aromatic N) is 3. The highest BCUT2D eigenvalue weighted by Crippen LogP contribution is 2.25. The highest BCUT2D eigenvalue weighted by Gasteiger charge is 2.19. The first kappa shape index (κ1) is 21.7. The molecule has 0 saturated carbocycles. The van der Waals surface area contributed by atoms with Crippen LogP contribution in [0.25, 0.3) is 10.9 Å². The summed E-state index contributed by atoms with van der Waals surface area (Å²) in [4.78, 5) is 20.7. The van der Waals surface area contributed by atoms with E-state index in [0.29, 0.717) is 6.42 Å². The van der Waals surface area contributed by atoms with Gasteiger partial charge in [-0.1, -0.05) is 18.2 Å². The number of benzene rings is 1. The van der Waals surface area contributed by atoms with Crippen molar-refractivity contribution in [2.75, 3.05) is 33.7 Å². The van der Waals surface area contributed by atoms with Crippen LogP contribution < -0.4 is 0 Å². The Morgan fingerprint density at radius 2 is 1.84 bits per heavy atom. The van der Waals surface area contributed by atoms with Gasteiger partial charge in [-0.15, -0.1) is 24.8 Å². The molecular formula is C19H27Cl2N3O. The molecule has 1 aliphatic heterocycles. The summed E-state index contributed by atoms with van der Waals surface area (Å²) in [6.07, 6.45) is 2.59. The first-order valence-corrected chi connectivity index (χ1v) is 8.36. The molecule has 6 heteroatoms. The first-order chi connectivity index (χ1) is 11.1. The van der Waals surface area contributed by atoms with Crippen LogP contribution in [-0.4, -0.2) is 54.4 Å².